The number of hydrogen-bond acceptors (Lipinski definition) is 4. The van der Waals surface area contributed by atoms with E-state index in [2.05, 4.69) is 146 Å². The number of furan rings is 1. The van der Waals surface area contributed by atoms with Crippen molar-refractivity contribution < 1.29 is 4.42 Å². The average Bonchev–Trinajstić information content (AvgIpc) is 3.58. The standard InChI is InChI=1S/C49H29N3O/c1-2-11-31(12-3-1)47-50-48(36-21-18-30-10-4-5-13-32(30)24-36)52-49(51-47)37-22-23-42-44-27-38-25-35(20-19-33(38)28-46(44)53-45(42)29-37)43-26-34-14-6-7-15-39(34)40-16-8-9-17-41(40)43/h1-29H. The topological polar surface area (TPSA) is 51.8 Å². The van der Waals surface area contributed by atoms with Crippen LogP contribution >= 0.6 is 0 Å². The quantitative estimate of drug-likeness (QED) is 0.174. The minimum absolute atomic E-state index is 0.599. The third kappa shape index (κ3) is 4.95. The minimum Gasteiger partial charge on any atom is -0.456 e. The van der Waals surface area contributed by atoms with Crippen LogP contribution in [0.1, 0.15) is 0 Å². The number of fused-ring (bicyclic) bond motifs is 8. The fourth-order valence-corrected chi connectivity index (χ4v) is 7.80. The molecule has 0 fully saturated rings. The number of benzene rings is 9. The molecule has 0 unspecified atom stereocenters. The van der Waals surface area contributed by atoms with Gasteiger partial charge in [0.2, 0.25) is 0 Å². The Morgan fingerprint density at radius 3 is 1.68 bits per heavy atom. The van der Waals surface area contributed by atoms with Gasteiger partial charge in [0.15, 0.2) is 17.5 Å². The van der Waals surface area contributed by atoms with Crippen molar-refractivity contribution in [3.05, 3.63) is 176 Å². The third-order valence-corrected chi connectivity index (χ3v) is 10.4. The Labute approximate surface area is 304 Å². The van der Waals surface area contributed by atoms with E-state index in [4.69, 9.17) is 19.4 Å². The predicted molar refractivity (Wildman–Crippen MR) is 219 cm³/mol. The summed E-state index contributed by atoms with van der Waals surface area (Å²) in [6, 6.07) is 61.8. The highest BCUT2D eigenvalue weighted by molar-refractivity contribution is 6.15. The first-order valence-electron chi connectivity index (χ1n) is 17.8. The first-order valence-corrected chi connectivity index (χ1v) is 17.8. The summed E-state index contributed by atoms with van der Waals surface area (Å²) >= 11 is 0. The molecule has 0 amide bonds. The molecule has 9 aromatic carbocycles. The normalized spacial score (nSPS) is 11.8. The van der Waals surface area contributed by atoms with Crippen LogP contribution in [0.25, 0.3) is 110 Å². The van der Waals surface area contributed by atoms with Gasteiger partial charge in [-0.1, -0.05) is 133 Å². The molecule has 11 rings (SSSR count). The van der Waals surface area contributed by atoms with E-state index in [0.29, 0.717) is 17.5 Å². The molecule has 0 aliphatic rings. The molecule has 2 heterocycles. The lowest BCUT2D eigenvalue weighted by atomic mass is 9.92. The van der Waals surface area contributed by atoms with Crippen LogP contribution in [0.5, 0.6) is 0 Å². The smallest absolute Gasteiger partial charge is 0.164 e. The number of hydrogen-bond donors (Lipinski definition) is 0. The Morgan fingerprint density at radius 1 is 0.283 bits per heavy atom. The summed E-state index contributed by atoms with van der Waals surface area (Å²) < 4.78 is 6.55. The molecule has 0 bridgehead atoms. The molecule has 0 atom stereocenters. The summed E-state index contributed by atoms with van der Waals surface area (Å²) in [4.78, 5) is 15.0. The maximum absolute atomic E-state index is 6.55. The van der Waals surface area contributed by atoms with Gasteiger partial charge in [0, 0.05) is 27.5 Å². The lowest BCUT2D eigenvalue weighted by molar-refractivity contribution is 0.669. The summed E-state index contributed by atoms with van der Waals surface area (Å²) in [5.74, 6) is 1.86. The lowest BCUT2D eigenvalue weighted by Crippen LogP contribution is -2.00. The maximum atomic E-state index is 6.55. The summed E-state index contributed by atoms with van der Waals surface area (Å²) in [7, 11) is 0. The van der Waals surface area contributed by atoms with E-state index in [1.54, 1.807) is 0 Å². The van der Waals surface area contributed by atoms with E-state index in [1.165, 1.54) is 43.4 Å². The predicted octanol–water partition coefficient (Wildman–Crippen LogP) is 13.1. The van der Waals surface area contributed by atoms with Crippen LogP contribution in [0.2, 0.25) is 0 Å². The van der Waals surface area contributed by atoms with Crippen molar-refractivity contribution in [3.63, 3.8) is 0 Å². The molecule has 246 valence electrons. The Kier molecular flexibility index (Phi) is 6.52. The Bertz CT molecular complexity index is 3240. The van der Waals surface area contributed by atoms with Gasteiger partial charge in [-0.2, -0.15) is 0 Å². The van der Waals surface area contributed by atoms with E-state index >= 15 is 0 Å². The Morgan fingerprint density at radius 2 is 0.849 bits per heavy atom. The number of aromatic nitrogens is 3. The van der Waals surface area contributed by atoms with E-state index < -0.39 is 0 Å². The first kappa shape index (κ1) is 29.5. The number of nitrogens with zero attached hydrogens (tertiary/aromatic N) is 3. The van der Waals surface area contributed by atoms with Crippen molar-refractivity contribution in [2.45, 2.75) is 0 Å². The van der Waals surface area contributed by atoms with Gasteiger partial charge in [0.05, 0.1) is 0 Å². The molecule has 0 saturated carbocycles. The fourth-order valence-electron chi connectivity index (χ4n) is 7.80. The van der Waals surface area contributed by atoms with Crippen LogP contribution in [0, 0.1) is 0 Å². The zero-order chi connectivity index (χ0) is 34.9. The summed E-state index contributed by atoms with van der Waals surface area (Å²) in [5.41, 5.74) is 6.82. The van der Waals surface area contributed by atoms with E-state index in [0.717, 1.165) is 49.4 Å². The van der Waals surface area contributed by atoms with Crippen LogP contribution in [0.4, 0.5) is 0 Å². The molecule has 2 aromatic heterocycles. The molecule has 4 nitrogen and oxygen atoms in total. The molecule has 4 heteroatoms. The first-order chi connectivity index (χ1) is 26.2. The van der Waals surface area contributed by atoms with Crippen LogP contribution in [0.3, 0.4) is 0 Å². The van der Waals surface area contributed by atoms with Crippen LogP contribution in [-0.2, 0) is 0 Å². The van der Waals surface area contributed by atoms with Gasteiger partial charge in [-0.05, 0) is 96.7 Å². The van der Waals surface area contributed by atoms with Crippen molar-refractivity contribution in [2.75, 3.05) is 0 Å². The summed E-state index contributed by atoms with van der Waals surface area (Å²) in [6.07, 6.45) is 0. The fraction of sp³-hybridized carbons (Fsp3) is 0. The van der Waals surface area contributed by atoms with Gasteiger partial charge in [0.1, 0.15) is 11.2 Å². The van der Waals surface area contributed by atoms with Crippen LogP contribution in [0.15, 0.2) is 180 Å². The van der Waals surface area contributed by atoms with Gasteiger partial charge in [-0.3, -0.25) is 0 Å². The second-order valence-electron chi connectivity index (χ2n) is 13.6. The van der Waals surface area contributed by atoms with Crippen molar-refractivity contribution in [1.82, 2.24) is 15.0 Å². The highest BCUT2D eigenvalue weighted by Crippen LogP contribution is 2.39. The van der Waals surface area contributed by atoms with E-state index in [9.17, 15) is 0 Å². The second-order valence-corrected chi connectivity index (χ2v) is 13.6. The highest BCUT2D eigenvalue weighted by Gasteiger charge is 2.16. The van der Waals surface area contributed by atoms with Crippen molar-refractivity contribution in [2.24, 2.45) is 0 Å². The largest absolute Gasteiger partial charge is 0.456 e. The molecular formula is C49H29N3O. The summed E-state index contributed by atoms with van der Waals surface area (Å²) in [5, 5.41) is 11.8. The van der Waals surface area contributed by atoms with Crippen LogP contribution in [-0.4, -0.2) is 15.0 Å². The molecule has 11 aromatic rings. The van der Waals surface area contributed by atoms with E-state index in [-0.39, 0.29) is 0 Å². The lowest BCUT2D eigenvalue weighted by Gasteiger charge is -2.12. The molecule has 0 aliphatic carbocycles. The molecule has 0 aliphatic heterocycles. The molecular weight excluding hydrogens is 647 g/mol. The second kappa shape index (κ2) is 11.7. The molecule has 0 N–H and O–H groups in total. The highest BCUT2D eigenvalue weighted by atomic mass is 16.3. The van der Waals surface area contributed by atoms with E-state index in [1.807, 2.05) is 30.3 Å². The summed E-state index contributed by atoms with van der Waals surface area (Å²) in [6.45, 7) is 0. The molecule has 53 heavy (non-hydrogen) atoms. The van der Waals surface area contributed by atoms with Crippen molar-refractivity contribution in [1.29, 1.82) is 0 Å². The van der Waals surface area contributed by atoms with Crippen LogP contribution < -0.4 is 0 Å². The monoisotopic (exact) mass is 675 g/mol. The zero-order valence-corrected chi connectivity index (χ0v) is 28.5. The third-order valence-electron chi connectivity index (χ3n) is 10.4. The van der Waals surface area contributed by atoms with Crippen molar-refractivity contribution >= 4 is 65.0 Å². The maximum Gasteiger partial charge on any atom is 0.164 e. The van der Waals surface area contributed by atoms with Gasteiger partial charge in [-0.15, -0.1) is 0 Å². The SMILES string of the molecule is c1ccc(-c2nc(-c3ccc4ccccc4c3)nc(-c3ccc4c(c3)oc3cc5ccc(-c6cc7ccccc7c7ccccc67)cc5cc34)n2)cc1. The molecule has 0 spiro atoms. The van der Waals surface area contributed by atoms with Gasteiger partial charge < -0.3 is 4.42 Å². The van der Waals surface area contributed by atoms with Crippen molar-refractivity contribution in [3.8, 4) is 45.3 Å². The average molecular weight is 676 g/mol. The minimum atomic E-state index is 0.599. The van der Waals surface area contributed by atoms with Gasteiger partial charge >= 0.3 is 0 Å². The Hall–Kier alpha value is -7.17. The van der Waals surface area contributed by atoms with Gasteiger partial charge in [0.25, 0.3) is 0 Å². The molecule has 0 saturated heterocycles. The molecule has 0 radical (unpaired) electrons. The zero-order valence-electron chi connectivity index (χ0n) is 28.5. The van der Waals surface area contributed by atoms with Gasteiger partial charge in [-0.25, -0.2) is 15.0 Å². The number of rotatable bonds is 4. The Balaban J connectivity index is 1.04.